The van der Waals surface area contributed by atoms with E-state index in [4.69, 9.17) is 9.15 Å². The Bertz CT molecular complexity index is 1460. The zero-order valence-electron chi connectivity index (χ0n) is 19.8. The van der Waals surface area contributed by atoms with Crippen molar-refractivity contribution in [3.63, 3.8) is 0 Å². The molecule has 1 aromatic carbocycles. The highest BCUT2D eigenvalue weighted by Crippen LogP contribution is 2.35. The number of ether oxygens (including phenoxy) is 1. The molecule has 2 aliphatic rings. The number of benzene rings is 1. The van der Waals surface area contributed by atoms with Crippen molar-refractivity contribution in [1.82, 2.24) is 9.47 Å². The van der Waals surface area contributed by atoms with Crippen LogP contribution in [-0.2, 0) is 11.3 Å². The Morgan fingerprint density at radius 1 is 1.11 bits per heavy atom. The fourth-order valence-electron chi connectivity index (χ4n) is 5.32. The maximum Gasteiger partial charge on any atom is 0.339 e. The molecule has 184 valence electrons. The Morgan fingerprint density at radius 3 is 2.63 bits per heavy atom. The molecule has 0 radical (unpaired) electrons. The molecule has 0 aliphatic carbocycles. The molecule has 2 aromatic heterocycles. The third-order valence-electron chi connectivity index (χ3n) is 7.36. The number of aromatic nitrogens is 1. The molecule has 0 saturated carbocycles. The average molecular weight is 482 g/mol. The van der Waals surface area contributed by atoms with Gasteiger partial charge in [-0.3, -0.25) is 9.59 Å². The lowest BCUT2D eigenvalue weighted by Gasteiger charge is -2.42. The third-order valence-corrected chi connectivity index (χ3v) is 7.36. The minimum atomic E-state index is -1.23. The van der Waals surface area contributed by atoms with Crippen LogP contribution >= 0.6 is 0 Å². The number of nitrogens with zero attached hydrogens (tertiary/aromatic N) is 2. The highest BCUT2D eigenvalue weighted by Gasteiger charge is 2.37. The van der Waals surface area contributed by atoms with Crippen LogP contribution in [0.15, 0.2) is 38.3 Å². The fourth-order valence-corrected chi connectivity index (χ4v) is 5.32. The number of aryl methyl sites for hydroxylation is 2. The van der Waals surface area contributed by atoms with Gasteiger partial charge in [-0.15, -0.1) is 0 Å². The molecule has 1 fully saturated rings. The van der Waals surface area contributed by atoms with Gasteiger partial charge in [-0.2, -0.15) is 5.23 Å². The van der Waals surface area contributed by atoms with Crippen molar-refractivity contribution in [2.45, 2.75) is 39.7 Å². The number of pyridine rings is 1. The summed E-state index contributed by atoms with van der Waals surface area (Å²) in [6.07, 6.45) is 0.845. The van der Waals surface area contributed by atoms with Crippen molar-refractivity contribution in [3.05, 3.63) is 72.6 Å². The van der Waals surface area contributed by atoms with Crippen LogP contribution in [-0.4, -0.2) is 40.3 Å². The van der Waals surface area contributed by atoms with E-state index in [1.807, 2.05) is 13.0 Å². The first-order chi connectivity index (χ1) is 16.7. The maximum absolute atomic E-state index is 13.0. The Labute approximate surface area is 200 Å². The van der Waals surface area contributed by atoms with Crippen LogP contribution in [0.4, 0.5) is 5.69 Å². The second-order valence-electron chi connectivity index (χ2n) is 9.48. The summed E-state index contributed by atoms with van der Waals surface area (Å²) in [6.45, 7) is 6.54. The summed E-state index contributed by atoms with van der Waals surface area (Å²) in [5.74, 6) is 0.339. The molecule has 1 saturated heterocycles. The molecule has 3 aromatic rings. The van der Waals surface area contributed by atoms with Gasteiger partial charge in [0.1, 0.15) is 11.3 Å². The molecule has 0 spiro atoms. The predicted molar refractivity (Wildman–Crippen MR) is 126 cm³/mol. The molecule has 35 heavy (non-hydrogen) atoms. The third kappa shape index (κ3) is 3.93. The second kappa shape index (κ2) is 8.63. The molecular weight excluding hydrogens is 454 g/mol. The quantitative estimate of drug-likeness (QED) is 0.425. The van der Waals surface area contributed by atoms with Gasteiger partial charge >= 0.3 is 11.2 Å². The van der Waals surface area contributed by atoms with E-state index in [1.54, 1.807) is 35.4 Å². The largest absolute Gasteiger partial charge is 0.595 e. The van der Waals surface area contributed by atoms with Crippen molar-refractivity contribution in [2.75, 3.05) is 19.7 Å². The first-order valence-electron chi connectivity index (χ1n) is 11.6. The number of hydrogen-bond donors (Lipinski definition) is 2. The van der Waals surface area contributed by atoms with Gasteiger partial charge in [0.15, 0.2) is 6.61 Å². The molecule has 1 unspecified atom stereocenters. The van der Waals surface area contributed by atoms with Gasteiger partial charge in [0.05, 0.1) is 0 Å². The van der Waals surface area contributed by atoms with Gasteiger partial charge in [-0.05, 0) is 56.9 Å². The standard InChI is InChI=1S/C25H27N3O7/c1-13-14(2)25(31)35-23-15(3)21(7-4-18(13)23)34-12-22(29)26-9-16-8-17(11-26)19-5-6-20(28(32)33)24(30)27(19)10-16/h4-7,16-17,28,32H,8-12H2,1-3H3/t16-,17-/m0/s1. The van der Waals surface area contributed by atoms with Crippen LogP contribution < -0.4 is 21.1 Å². The van der Waals surface area contributed by atoms with E-state index in [9.17, 15) is 24.8 Å². The Morgan fingerprint density at radius 2 is 1.89 bits per heavy atom. The first kappa shape index (κ1) is 23.3. The maximum atomic E-state index is 13.0. The van der Waals surface area contributed by atoms with E-state index < -0.39 is 10.8 Å². The molecule has 2 bridgehead atoms. The summed E-state index contributed by atoms with van der Waals surface area (Å²) in [7, 11) is 0. The number of carbonyl (C=O) groups excluding carboxylic acids is 1. The zero-order valence-corrected chi connectivity index (χ0v) is 19.8. The minimum absolute atomic E-state index is 0.0371. The van der Waals surface area contributed by atoms with Crippen molar-refractivity contribution < 1.29 is 24.4 Å². The van der Waals surface area contributed by atoms with Crippen LogP contribution in [0.1, 0.15) is 34.7 Å². The smallest absolute Gasteiger partial charge is 0.339 e. The summed E-state index contributed by atoms with van der Waals surface area (Å²) in [5.41, 5.74) is 2.20. The monoisotopic (exact) mass is 481 g/mol. The number of fused-ring (bicyclic) bond motifs is 5. The zero-order chi connectivity index (χ0) is 25.0. The van der Waals surface area contributed by atoms with Gasteiger partial charge in [-0.25, -0.2) is 10.0 Å². The average Bonchev–Trinajstić information content (AvgIpc) is 2.82. The van der Waals surface area contributed by atoms with E-state index in [-0.39, 0.29) is 35.7 Å². The first-order valence-corrected chi connectivity index (χ1v) is 11.6. The number of amides is 1. The van der Waals surface area contributed by atoms with E-state index in [0.717, 1.165) is 23.1 Å². The molecule has 10 heteroatoms. The molecule has 2 aliphatic heterocycles. The topological polar surface area (TPSA) is 129 Å². The van der Waals surface area contributed by atoms with E-state index in [0.29, 0.717) is 42.1 Å². The molecule has 4 heterocycles. The van der Waals surface area contributed by atoms with E-state index >= 15 is 0 Å². The van der Waals surface area contributed by atoms with Gasteiger partial charge in [0, 0.05) is 53.8 Å². The molecule has 3 atom stereocenters. The number of hydrogen-bond acceptors (Lipinski definition) is 7. The van der Waals surface area contributed by atoms with E-state index in [2.05, 4.69) is 0 Å². The van der Waals surface area contributed by atoms with Gasteiger partial charge in [0.25, 0.3) is 5.91 Å². The van der Waals surface area contributed by atoms with Crippen molar-refractivity contribution in [3.8, 4) is 5.75 Å². The molecule has 2 N–H and O–H groups in total. The summed E-state index contributed by atoms with van der Waals surface area (Å²) in [4.78, 5) is 39.5. The number of carbonyl (C=O) groups is 1. The van der Waals surface area contributed by atoms with Crippen molar-refractivity contribution in [1.29, 1.82) is 0 Å². The number of rotatable bonds is 4. The predicted octanol–water partition coefficient (Wildman–Crippen LogP) is 1.31. The Hall–Kier alpha value is -3.47. The van der Waals surface area contributed by atoms with Crippen LogP contribution in [0.3, 0.4) is 0 Å². The number of likely N-dealkylation sites (tertiary alicyclic amines) is 1. The number of piperidine rings is 1. The van der Waals surface area contributed by atoms with Gasteiger partial charge in [-0.1, -0.05) is 0 Å². The molecule has 10 nitrogen and oxygen atoms in total. The normalized spacial score (nSPS) is 20.0. The second-order valence-corrected chi connectivity index (χ2v) is 9.48. The van der Waals surface area contributed by atoms with Crippen LogP contribution in [0.25, 0.3) is 11.0 Å². The minimum Gasteiger partial charge on any atom is -0.595 e. The number of quaternary nitrogens is 1. The Balaban J connectivity index is 1.33. The summed E-state index contributed by atoms with van der Waals surface area (Å²) in [5, 5.41) is 20.2. The lowest BCUT2D eigenvalue weighted by molar-refractivity contribution is -0.992. The van der Waals surface area contributed by atoms with Gasteiger partial charge in [0.2, 0.25) is 5.69 Å². The molecule has 5 rings (SSSR count). The summed E-state index contributed by atoms with van der Waals surface area (Å²) >= 11 is 0. The highest BCUT2D eigenvalue weighted by molar-refractivity contribution is 5.86. The number of nitrogens with one attached hydrogen (secondary N) is 1. The summed E-state index contributed by atoms with van der Waals surface area (Å²) in [6, 6.07) is 6.65. The fraction of sp³-hybridized carbons (Fsp3) is 0.400. The molecule has 1 amide bonds. The summed E-state index contributed by atoms with van der Waals surface area (Å²) < 4.78 is 12.9. The molecular formula is C25H27N3O7. The van der Waals surface area contributed by atoms with Gasteiger partial charge < -0.3 is 23.8 Å². The lowest BCUT2D eigenvalue weighted by Crippen LogP contribution is -3.00. The van der Waals surface area contributed by atoms with E-state index in [1.165, 1.54) is 6.07 Å². The SMILES string of the molecule is Cc1c(C)c2ccc(OCC(=O)N3C[C@@H]4C[C@@H](C3)c3ccc([NH+]([O-])O)c(=O)n3C4)c(C)c2oc1=O. The van der Waals surface area contributed by atoms with Crippen LogP contribution in [0, 0.1) is 31.9 Å². The van der Waals surface area contributed by atoms with Crippen molar-refractivity contribution >= 4 is 22.6 Å². The highest BCUT2D eigenvalue weighted by atomic mass is 16.8. The lowest BCUT2D eigenvalue weighted by atomic mass is 9.83. The van der Waals surface area contributed by atoms with Crippen molar-refractivity contribution in [2.24, 2.45) is 5.92 Å². The van der Waals surface area contributed by atoms with Crippen LogP contribution in [0.2, 0.25) is 0 Å². The van der Waals surface area contributed by atoms with Crippen LogP contribution in [0.5, 0.6) is 5.75 Å². The Kier molecular flexibility index (Phi) is 5.74.